The van der Waals surface area contributed by atoms with Crippen molar-refractivity contribution in [2.24, 2.45) is 10.9 Å². The predicted octanol–water partition coefficient (Wildman–Crippen LogP) is 2.43. The average Bonchev–Trinajstić information content (AvgIpc) is 2.55. The lowest BCUT2D eigenvalue weighted by molar-refractivity contribution is -0.131. The van der Waals surface area contributed by atoms with Crippen LogP contribution in [0.25, 0.3) is 0 Å². The van der Waals surface area contributed by atoms with Gasteiger partial charge in [0, 0.05) is 32.2 Å². The number of anilines is 1. The Morgan fingerprint density at radius 2 is 2.08 bits per heavy atom. The third kappa shape index (κ3) is 4.05. The number of nitrogens with one attached hydrogen (secondary N) is 1. The van der Waals surface area contributed by atoms with Crippen molar-refractivity contribution < 1.29 is 4.79 Å². The number of carbonyl (C=O) groups excluding carboxylic acids is 1. The molecule has 1 atom stereocenters. The van der Waals surface area contributed by atoms with Crippen LogP contribution in [0.4, 0.5) is 5.69 Å². The smallest absolute Gasteiger partial charge is 0.219 e. The molecule has 0 aliphatic carbocycles. The van der Waals surface area contributed by atoms with Crippen molar-refractivity contribution >= 4 is 17.6 Å². The molecule has 1 aromatic rings. The molecule has 0 saturated carbocycles. The van der Waals surface area contributed by atoms with Crippen molar-refractivity contribution in [3.8, 4) is 6.19 Å². The molecule has 1 aromatic carbocycles. The summed E-state index contributed by atoms with van der Waals surface area (Å²) in [4.78, 5) is 19.7. The second kappa shape index (κ2) is 7.82. The first-order chi connectivity index (χ1) is 11.4. The zero-order valence-corrected chi connectivity index (χ0v) is 14.8. The van der Waals surface area contributed by atoms with Crippen LogP contribution in [0.1, 0.15) is 26.3 Å². The van der Waals surface area contributed by atoms with Gasteiger partial charge >= 0.3 is 0 Å². The Morgan fingerprint density at radius 3 is 2.67 bits per heavy atom. The van der Waals surface area contributed by atoms with Crippen LogP contribution in [0.15, 0.2) is 29.3 Å². The van der Waals surface area contributed by atoms with E-state index in [1.807, 2.05) is 42.3 Å². The van der Waals surface area contributed by atoms with Crippen LogP contribution >= 0.6 is 0 Å². The van der Waals surface area contributed by atoms with E-state index < -0.39 is 0 Å². The molecule has 0 spiro atoms. The lowest BCUT2D eigenvalue weighted by atomic mass is 9.99. The molecule has 0 bridgehead atoms. The van der Waals surface area contributed by atoms with Gasteiger partial charge in [0.2, 0.25) is 18.1 Å². The summed E-state index contributed by atoms with van der Waals surface area (Å²) in [7, 11) is 0. The number of nitriles is 1. The van der Waals surface area contributed by atoms with Crippen molar-refractivity contribution in [2.75, 3.05) is 25.0 Å². The van der Waals surface area contributed by atoms with Crippen molar-refractivity contribution in [1.82, 2.24) is 9.80 Å². The van der Waals surface area contributed by atoms with Gasteiger partial charge in [-0.2, -0.15) is 5.26 Å². The fraction of sp³-hybridized carbons (Fsp3) is 0.500. The van der Waals surface area contributed by atoms with Crippen molar-refractivity contribution in [3.05, 3.63) is 29.8 Å². The van der Waals surface area contributed by atoms with Crippen LogP contribution in [0.5, 0.6) is 0 Å². The standard InChI is InChI=1S/C18H25N5O/c1-13(2)17-11-22(15(4)24)9-10-23(17)18(20-12-19)21-16-8-6-5-7-14(16)3/h5-8,13,17H,9-11H2,1-4H3,(H,20,21). The van der Waals surface area contributed by atoms with Gasteiger partial charge in [-0.1, -0.05) is 32.0 Å². The number of hydrogen-bond acceptors (Lipinski definition) is 3. The van der Waals surface area contributed by atoms with Crippen LogP contribution < -0.4 is 5.32 Å². The second-order valence-corrected chi connectivity index (χ2v) is 6.45. The van der Waals surface area contributed by atoms with Crippen LogP contribution in [0, 0.1) is 24.3 Å². The Hall–Kier alpha value is -2.55. The third-order valence-corrected chi connectivity index (χ3v) is 4.45. The molecular formula is C18H25N5O. The number of aliphatic imine (C=N–C) groups is 1. The first kappa shape index (κ1) is 17.8. The fourth-order valence-electron chi connectivity index (χ4n) is 2.97. The summed E-state index contributed by atoms with van der Waals surface area (Å²) in [6.45, 7) is 9.80. The zero-order chi connectivity index (χ0) is 17.7. The van der Waals surface area contributed by atoms with Gasteiger partial charge in [0.05, 0.1) is 6.04 Å². The minimum Gasteiger partial charge on any atom is -0.339 e. The number of piperazine rings is 1. The average molecular weight is 327 g/mol. The summed E-state index contributed by atoms with van der Waals surface area (Å²) in [5.74, 6) is 0.967. The summed E-state index contributed by atoms with van der Waals surface area (Å²) < 4.78 is 0. The van der Waals surface area contributed by atoms with Gasteiger partial charge in [-0.3, -0.25) is 4.79 Å². The molecule has 1 fully saturated rings. The number of benzene rings is 1. The van der Waals surface area contributed by atoms with Crippen LogP contribution in [0.3, 0.4) is 0 Å². The Morgan fingerprint density at radius 1 is 1.38 bits per heavy atom. The van der Waals surface area contributed by atoms with Gasteiger partial charge in [0.15, 0.2) is 0 Å². The monoisotopic (exact) mass is 327 g/mol. The predicted molar refractivity (Wildman–Crippen MR) is 95.4 cm³/mol. The maximum atomic E-state index is 11.7. The number of carbonyl (C=O) groups is 1. The van der Waals surface area contributed by atoms with Gasteiger partial charge < -0.3 is 15.1 Å². The summed E-state index contributed by atoms with van der Waals surface area (Å²) in [5, 5.41) is 12.4. The van der Waals surface area contributed by atoms with E-state index in [9.17, 15) is 4.79 Å². The first-order valence-electron chi connectivity index (χ1n) is 8.25. The number of guanidine groups is 1. The fourth-order valence-corrected chi connectivity index (χ4v) is 2.97. The summed E-state index contributed by atoms with van der Waals surface area (Å²) in [6, 6.07) is 8.03. The molecule has 2 rings (SSSR count). The van der Waals surface area contributed by atoms with E-state index >= 15 is 0 Å². The molecule has 1 N–H and O–H groups in total. The largest absolute Gasteiger partial charge is 0.339 e. The van der Waals surface area contributed by atoms with E-state index in [-0.39, 0.29) is 11.9 Å². The Balaban J connectivity index is 2.26. The minimum absolute atomic E-state index is 0.0888. The molecule has 1 saturated heterocycles. The molecule has 1 aliphatic heterocycles. The quantitative estimate of drug-likeness (QED) is 0.514. The summed E-state index contributed by atoms with van der Waals surface area (Å²) >= 11 is 0. The van der Waals surface area contributed by atoms with Gasteiger partial charge in [0.25, 0.3) is 0 Å². The van der Waals surface area contributed by atoms with Crippen LogP contribution in [-0.2, 0) is 4.79 Å². The Labute approximate surface area is 143 Å². The molecule has 0 aromatic heterocycles. The lowest BCUT2D eigenvalue weighted by Crippen LogP contribution is -2.59. The van der Waals surface area contributed by atoms with E-state index in [1.54, 1.807) is 6.92 Å². The Kier molecular flexibility index (Phi) is 5.80. The maximum Gasteiger partial charge on any atom is 0.219 e. The zero-order valence-electron chi connectivity index (χ0n) is 14.8. The number of nitrogens with zero attached hydrogens (tertiary/aromatic N) is 4. The van der Waals surface area contributed by atoms with Gasteiger partial charge in [-0.25, -0.2) is 0 Å². The van der Waals surface area contributed by atoms with E-state index in [1.165, 1.54) is 0 Å². The van der Waals surface area contributed by atoms with Gasteiger partial charge in [-0.15, -0.1) is 4.99 Å². The number of aryl methyl sites for hydroxylation is 1. The van der Waals surface area contributed by atoms with Gasteiger partial charge in [0.1, 0.15) is 0 Å². The van der Waals surface area contributed by atoms with Gasteiger partial charge in [-0.05, 0) is 24.5 Å². The lowest BCUT2D eigenvalue weighted by Gasteiger charge is -2.44. The highest BCUT2D eigenvalue weighted by molar-refractivity contribution is 5.95. The number of hydrogen-bond donors (Lipinski definition) is 1. The minimum atomic E-state index is 0.0888. The highest BCUT2D eigenvalue weighted by atomic mass is 16.2. The molecule has 1 amide bonds. The highest BCUT2D eigenvalue weighted by Crippen LogP contribution is 2.20. The Bertz CT molecular complexity index is 662. The molecule has 1 heterocycles. The third-order valence-electron chi connectivity index (χ3n) is 4.45. The van der Waals surface area contributed by atoms with E-state index in [0.29, 0.717) is 31.5 Å². The maximum absolute atomic E-state index is 11.7. The molecule has 1 unspecified atom stereocenters. The second-order valence-electron chi connectivity index (χ2n) is 6.45. The molecule has 1 aliphatic rings. The van der Waals surface area contributed by atoms with Crippen molar-refractivity contribution in [3.63, 3.8) is 0 Å². The summed E-state index contributed by atoms with van der Waals surface area (Å²) in [5.41, 5.74) is 2.02. The highest BCUT2D eigenvalue weighted by Gasteiger charge is 2.32. The van der Waals surface area contributed by atoms with E-state index in [4.69, 9.17) is 5.26 Å². The number of amides is 1. The first-order valence-corrected chi connectivity index (χ1v) is 8.25. The molecule has 0 radical (unpaired) electrons. The van der Waals surface area contributed by atoms with E-state index in [2.05, 4.69) is 29.1 Å². The normalized spacial score (nSPS) is 18.5. The van der Waals surface area contributed by atoms with Crippen molar-refractivity contribution in [2.45, 2.75) is 33.7 Å². The molecule has 24 heavy (non-hydrogen) atoms. The van der Waals surface area contributed by atoms with Crippen LogP contribution in [0.2, 0.25) is 0 Å². The number of rotatable bonds is 2. The van der Waals surface area contributed by atoms with Crippen molar-refractivity contribution in [1.29, 1.82) is 5.26 Å². The molecule has 128 valence electrons. The van der Waals surface area contributed by atoms with E-state index in [0.717, 1.165) is 11.3 Å². The molecular weight excluding hydrogens is 302 g/mol. The topological polar surface area (TPSA) is 71.7 Å². The van der Waals surface area contributed by atoms with Crippen LogP contribution in [-0.4, -0.2) is 47.3 Å². The molecule has 6 nitrogen and oxygen atoms in total. The molecule has 6 heteroatoms. The summed E-state index contributed by atoms with van der Waals surface area (Å²) in [6.07, 6.45) is 1.90. The number of para-hydroxylation sites is 1. The SMILES string of the molecule is CC(=O)N1CCN(/C(=N\C#N)Nc2ccccc2C)C(C(C)C)C1.